The van der Waals surface area contributed by atoms with E-state index in [-0.39, 0.29) is 5.91 Å². The van der Waals surface area contributed by atoms with Crippen molar-refractivity contribution in [1.82, 2.24) is 9.88 Å². The average Bonchev–Trinajstić information content (AvgIpc) is 2.55. The van der Waals surface area contributed by atoms with E-state index in [0.717, 1.165) is 48.3 Å². The molecule has 0 atom stereocenters. The Hall–Kier alpha value is -2.16. The molecule has 1 amide bonds. The van der Waals surface area contributed by atoms with Gasteiger partial charge in [0, 0.05) is 30.5 Å². The molecule has 1 aromatic heterocycles. The molecule has 0 fully saturated rings. The van der Waals surface area contributed by atoms with Crippen LogP contribution in [0.25, 0.3) is 11.1 Å². The third-order valence-corrected chi connectivity index (χ3v) is 3.81. The largest absolute Gasteiger partial charge is 0.339 e. The van der Waals surface area contributed by atoms with Gasteiger partial charge in [-0.15, -0.1) is 0 Å². The molecule has 2 aromatic rings. The first-order valence-corrected chi connectivity index (χ1v) is 7.98. The number of rotatable bonds is 6. The van der Waals surface area contributed by atoms with Gasteiger partial charge in [-0.1, -0.05) is 25.5 Å². The molecular formula is C19H24N2O. The van der Waals surface area contributed by atoms with Crippen molar-refractivity contribution >= 4 is 5.91 Å². The number of carbonyl (C=O) groups excluding carboxylic acids is 1. The number of hydrogen-bond acceptors (Lipinski definition) is 2. The van der Waals surface area contributed by atoms with E-state index in [1.165, 1.54) is 0 Å². The summed E-state index contributed by atoms with van der Waals surface area (Å²) in [5.41, 5.74) is 3.99. The van der Waals surface area contributed by atoms with Crippen LogP contribution in [0.2, 0.25) is 0 Å². The van der Waals surface area contributed by atoms with Crippen molar-refractivity contribution < 1.29 is 4.79 Å². The molecule has 0 aliphatic rings. The van der Waals surface area contributed by atoms with Crippen molar-refractivity contribution in [3.63, 3.8) is 0 Å². The molecular weight excluding hydrogens is 272 g/mol. The summed E-state index contributed by atoms with van der Waals surface area (Å²) in [7, 11) is 0. The summed E-state index contributed by atoms with van der Waals surface area (Å²) in [6, 6.07) is 11.9. The molecule has 3 nitrogen and oxygen atoms in total. The van der Waals surface area contributed by atoms with Gasteiger partial charge < -0.3 is 4.90 Å². The lowest BCUT2D eigenvalue weighted by Gasteiger charge is -2.20. The highest BCUT2D eigenvalue weighted by molar-refractivity contribution is 5.94. The highest BCUT2D eigenvalue weighted by atomic mass is 16.2. The normalized spacial score (nSPS) is 10.5. The van der Waals surface area contributed by atoms with Crippen molar-refractivity contribution in [2.45, 2.75) is 33.6 Å². The Morgan fingerprint density at radius 3 is 2.41 bits per heavy atom. The van der Waals surface area contributed by atoms with E-state index in [1.54, 1.807) is 0 Å². The van der Waals surface area contributed by atoms with E-state index in [1.807, 2.05) is 55.3 Å². The number of hydrogen-bond donors (Lipinski definition) is 0. The summed E-state index contributed by atoms with van der Waals surface area (Å²) in [4.78, 5) is 18.6. The second-order valence-corrected chi connectivity index (χ2v) is 5.50. The van der Waals surface area contributed by atoms with Crippen molar-refractivity contribution in [2.24, 2.45) is 0 Å². The predicted molar refractivity (Wildman–Crippen MR) is 90.9 cm³/mol. The first-order chi connectivity index (χ1) is 10.7. The minimum absolute atomic E-state index is 0.119. The number of amides is 1. The fraction of sp³-hybridized carbons (Fsp3) is 0.368. The zero-order valence-corrected chi connectivity index (χ0v) is 13.7. The second kappa shape index (κ2) is 7.74. The molecule has 0 spiro atoms. The Labute approximate surface area is 133 Å². The molecule has 0 aliphatic heterocycles. The lowest BCUT2D eigenvalue weighted by atomic mass is 10.0. The predicted octanol–water partition coefficient (Wildman–Crippen LogP) is 4.32. The van der Waals surface area contributed by atoms with Crippen LogP contribution in [0.3, 0.4) is 0 Å². The van der Waals surface area contributed by atoms with E-state index in [9.17, 15) is 4.79 Å². The van der Waals surface area contributed by atoms with Crippen molar-refractivity contribution in [2.75, 3.05) is 13.1 Å². The van der Waals surface area contributed by atoms with Crippen molar-refractivity contribution in [3.8, 4) is 11.1 Å². The monoisotopic (exact) mass is 296 g/mol. The van der Waals surface area contributed by atoms with Gasteiger partial charge in [-0.05, 0) is 55.7 Å². The molecule has 22 heavy (non-hydrogen) atoms. The maximum Gasteiger partial charge on any atom is 0.253 e. The van der Waals surface area contributed by atoms with Gasteiger partial charge >= 0.3 is 0 Å². The number of aromatic nitrogens is 1. The maximum atomic E-state index is 12.5. The minimum atomic E-state index is 0.119. The maximum absolute atomic E-state index is 12.5. The van der Waals surface area contributed by atoms with E-state index >= 15 is 0 Å². The zero-order valence-electron chi connectivity index (χ0n) is 13.7. The van der Waals surface area contributed by atoms with Gasteiger partial charge in [-0.2, -0.15) is 0 Å². The minimum Gasteiger partial charge on any atom is -0.339 e. The zero-order chi connectivity index (χ0) is 15.9. The van der Waals surface area contributed by atoms with Gasteiger partial charge in [0.2, 0.25) is 0 Å². The number of pyridine rings is 1. The third kappa shape index (κ3) is 3.94. The van der Waals surface area contributed by atoms with Crippen LogP contribution in [0.4, 0.5) is 0 Å². The Morgan fingerprint density at radius 2 is 1.82 bits per heavy atom. The first kappa shape index (κ1) is 16.2. The quantitative estimate of drug-likeness (QED) is 0.795. The topological polar surface area (TPSA) is 33.2 Å². The Morgan fingerprint density at radius 1 is 1.09 bits per heavy atom. The molecule has 0 N–H and O–H groups in total. The molecule has 2 rings (SSSR count). The molecule has 3 heteroatoms. The Balaban J connectivity index is 2.15. The first-order valence-electron chi connectivity index (χ1n) is 7.98. The smallest absolute Gasteiger partial charge is 0.253 e. The lowest BCUT2D eigenvalue weighted by molar-refractivity contribution is 0.0762. The van der Waals surface area contributed by atoms with Gasteiger partial charge in [-0.3, -0.25) is 9.78 Å². The standard InChI is InChI=1S/C19H24N2O/c1-4-6-13-21(5-2)19(22)17-9-7-16(8-10-17)18-11-12-20-15(3)14-18/h7-12,14H,4-6,13H2,1-3H3. The van der Waals surface area contributed by atoms with Gasteiger partial charge in [0.05, 0.1) is 0 Å². The Bertz CT molecular complexity index is 620. The fourth-order valence-corrected chi connectivity index (χ4v) is 2.47. The summed E-state index contributed by atoms with van der Waals surface area (Å²) in [6.07, 6.45) is 3.96. The molecule has 1 aromatic carbocycles. The summed E-state index contributed by atoms with van der Waals surface area (Å²) >= 11 is 0. The van der Waals surface area contributed by atoms with Crippen LogP contribution < -0.4 is 0 Å². The molecule has 0 saturated carbocycles. The number of unbranched alkanes of at least 4 members (excludes halogenated alkanes) is 1. The van der Waals surface area contributed by atoms with Crippen molar-refractivity contribution in [1.29, 1.82) is 0 Å². The van der Waals surface area contributed by atoms with Gasteiger partial charge in [0.25, 0.3) is 5.91 Å². The van der Waals surface area contributed by atoms with Crippen molar-refractivity contribution in [3.05, 3.63) is 53.9 Å². The lowest BCUT2D eigenvalue weighted by Crippen LogP contribution is -2.31. The van der Waals surface area contributed by atoms with Crippen LogP contribution in [-0.4, -0.2) is 28.9 Å². The number of benzene rings is 1. The van der Waals surface area contributed by atoms with Crippen LogP contribution in [0, 0.1) is 6.92 Å². The van der Waals surface area contributed by atoms with Crippen LogP contribution >= 0.6 is 0 Å². The summed E-state index contributed by atoms with van der Waals surface area (Å²) in [6.45, 7) is 7.74. The molecule has 0 aliphatic carbocycles. The molecule has 0 saturated heterocycles. The van der Waals surface area contributed by atoms with Crippen LogP contribution in [0.1, 0.15) is 42.7 Å². The number of carbonyl (C=O) groups is 1. The van der Waals surface area contributed by atoms with Gasteiger partial charge in [0.1, 0.15) is 0 Å². The van der Waals surface area contributed by atoms with Gasteiger partial charge in [0.15, 0.2) is 0 Å². The second-order valence-electron chi connectivity index (χ2n) is 5.50. The fourth-order valence-electron chi connectivity index (χ4n) is 2.47. The molecule has 116 valence electrons. The summed E-state index contributed by atoms with van der Waals surface area (Å²) in [5.74, 6) is 0.119. The van der Waals surface area contributed by atoms with E-state index in [4.69, 9.17) is 0 Å². The number of nitrogens with zero attached hydrogens (tertiary/aromatic N) is 2. The third-order valence-electron chi connectivity index (χ3n) is 3.81. The summed E-state index contributed by atoms with van der Waals surface area (Å²) in [5, 5.41) is 0. The van der Waals surface area contributed by atoms with Crippen LogP contribution in [-0.2, 0) is 0 Å². The molecule has 0 unspecified atom stereocenters. The molecule has 0 radical (unpaired) electrons. The molecule has 0 bridgehead atoms. The van der Waals surface area contributed by atoms with E-state index in [2.05, 4.69) is 18.0 Å². The highest BCUT2D eigenvalue weighted by Gasteiger charge is 2.13. The van der Waals surface area contributed by atoms with E-state index < -0.39 is 0 Å². The molecule has 1 heterocycles. The van der Waals surface area contributed by atoms with Gasteiger partial charge in [-0.25, -0.2) is 0 Å². The Kier molecular flexibility index (Phi) is 5.70. The van der Waals surface area contributed by atoms with Crippen LogP contribution in [0.15, 0.2) is 42.6 Å². The SMILES string of the molecule is CCCCN(CC)C(=O)c1ccc(-c2ccnc(C)c2)cc1. The average molecular weight is 296 g/mol. The summed E-state index contributed by atoms with van der Waals surface area (Å²) < 4.78 is 0. The highest BCUT2D eigenvalue weighted by Crippen LogP contribution is 2.20. The number of aryl methyl sites for hydroxylation is 1. The van der Waals surface area contributed by atoms with Crippen LogP contribution in [0.5, 0.6) is 0 Å². The van der Waals surface area contributed by atoms with E-state index in [0.29, 0.717) is 0 Å².